The van der Waals surface area contributed by atoms with Crippen molar-refractivity contribution >= 4 is 0 Å². The molecule has 0 radical (unpaired) electrons. The molecule has 6 atom stereocenters. The standard InChI is InChI=1S/C21H33NO.C2H6/c1-14-4-7-18-17-6-5-15-12-16(23-13-22)8-10-21(15,3)19(17)9-11-20(14,18)2;1-2/h4-5,16-19H,6-13,22H2,1-3H3;1-2H3. The summed E-state index contributed by atoms with van der Waals surface area (Å²) in [4.78, 5) is 0. The molecule has 6 unspecified atom stereocenters. The molecule has 0 saturated heterocycles. The minimum absolute atomic E-state index is 0.361. The Morgan fingerprint density at radius 3 is 2.48 bits per heavy atom. The van der Waals surface area contributed by atoms with Crippen LogP contribution in [0, 0.1) is 28.6 Å². The van der Waals surface area contributed by atoms with E-state index in [9.17, 15) is 0 Å². The molecule has 0 amide bonds. The smallest absolute Gasteiger partial charge is 0.0944 e. The van der Waals surface area contributed by atoms with Crippen molar-refractivity contribution in [2.75, 3.05) is 6.73 Å². The summed E-state index contributed by atoms with van der Waals surface area (Å²) in [5, 5.41) is 0. The zero-order chi connectivity index (χ0) is 18.2. The SMILES string of the molecule is CC.CC1=CCC2C3CC=C4CC(OCN)CCC4(C)C3CCC12C. The Hall–Kier alpha value is -0.600. The maximum Gasteiger partial charge on any atom is 0.0944 e. The van der Waals surface area contributed by atoms with Gasteiger partial charge in [0.2, 0.25) is 0 Å². The van der Waals surface area contributed by atoms with E-state index in [0.717, 1.165) is 24.2 Å². The average Bonchev–Trinajstić information content (AvgIpc) is 2.92. The lowest BCUT2D eigenvalue weighted by Crippen LogP contribution is -2.50. The monoisotopic (exact) mass is 345 g/mol. The summed E-state index contributed by atoms with van der Waals surface area (Å²) in [6.45, 7) is 11.8. The summed E-state index contributed by atoms with van der Waals surface area (Å²) in [5.41, 5.74) is 9.88. The number of fused-ring (bicyclic) bond motifs is 5. The van der Waals surface area contributed by atoms with E-state index in [1.165, 1.54) is 38.5 Å². The summed E-state index contributed by atoms with van der Waals surface area (Å²) in [7, 11) is 0. The van der Waals surface area contributed by atoms with Crippen LogP contribution >= 0.6 is 0 Å². The quantitative estimate of drug-likeness (QED) is 0.504. The van der Waals surface area contributed by atoms with E-state index in [1.54, 1.807) is 11.1 Å². The first-order valence-corrected chi connectivity index (χ1v) is 10.7. The summed E-state index contributed by atoms with van der Waals surface area (Å²) < 4.78 is 5.74. The summed E-state index contributed by atoms with van der Waals surface area (Å²) in [5.74, 6) is 2.66. The average molecular weight is 346 g/mol. The first-order chi connectivity index (χ1) is 12.0. The predicted molar refractivity (Wildman–Crippen MR) is 106 cm³/mol. The Labute approximate surface area is 155 Å². The maximum absolute atomic E-state index is 5.74. The lowest BCUT2D eigenvalue weighted by atomic mass is 9.47. The first-order valence-electron chi connectivity index (χ1n) is 10.7. The lowest BCUT2D eigenvalue weighted by molar-refractivity contribution is -0.0415. The summed E-state index contributed by atoms with van der Waals surface area (Å²) >= 11 is 0. The van der Waals surface area contributed by atoms with Crippen molar-refractivity contribution < 1.29 is 4.74 Å². The van der Waals surface area contributed by atoms with Crippen LogP contribution in [0.1, 0.15) is 79.6 Å². The van der Waals surface area contributed by atoms with Crippen LogP contribution in [0.2, 0.25) is 0 Å². The molecule has 0 aliphatic heterocycles. The molecular weight excluding hydrogens is 306 g/mol. The second kappa shape index (κ2) is 7.19. The molecule has 4 aliphatic rings. The van der Waals surface area contributed by atoms with Crippen LogP contribution in [0.5, 0.6) is 0 Å². The second-order valence-electron chi connectivity index (χ2n) is 9.04. The van der Waals surface area contributed by atoms with Crippen LogP contribution in [0.25, 0.3) is 0 Å². The first kappa shape index (κ1) is 19.2. The summed E-state index contributed by atoms with van der Waals surface area (Å²) in [6.07, 6.45) is 14.5. The fourth-order valence-electron chi connectivity index (χ4n) is 6.69. The van der Waals surface area contributed by atoms with Crippen molar-refractivity contribution in [1.29, 1.82) is 0 Å². The highest BCUT2D eigenvalue weighted by Crippen LogP contribution is 2.64. The van der Waals surface area contributed by atoms with E-state index < -0.39 is 0 Å². The molecule has 25 heavy (non-hydrogen) atoms. The zero-order valence-corrected chi connectivity index (χ0v) is 17.1. The molecule has 2 nitrogen and oxygen atoms in total. The van der Waals surface area contributed by atoms with Gasteiger partial charge in [0, 0.05) is 0 Å². The highest BCUT2D eigenvalue weighted by Gasteiger charge is 2.55. The second-order valence-corrected chi connectivity index (χ2v) is 9.04. The minimum atomic E-state index is 0.361. The molecule has 2 heteroatoms. The van der Waals surface area contributed by atoms with Crippen molar-refractivity contribution in [3.8, 4) is 0 Å². The third-order valence-electron chi connectivity index (χ3n) is 8.36. The molecule has 0 spiro atoms. The number of nitrogens with two attached hydrogens (primary N) is 1. The Morgan fingerprint density at radius 1 is 1.04 bits per heavy atom. The van der Waals surface area contributed by atoms with Crippen LogP contribution < -0.4 is 5.73 Å². The van der Waals surface area contributed by atoms with Gasteiger partial charge >= 0.3 is 0 Å². The molecule has 0 aromatic heterocycles. The van der Waals surface area contributed by atoms with Gasteiger partial charge in [0.1, 0.15) is 0 Å². The van der Waals surface area contributed by atoms with Gasteiger partial charge in [-0.15, -0.1) is 0 Å². The van der Waals surface area contributed by atoms with E-state index in [0.29, 0.717) is 23.7 Å². The number of allylic oxidation sites excluding steroid dienone is 3. The number of rotatable bonds is 2. The Kier molecular flexibility index (Phi) is 5.52. The summed E-state index contributed by atoms with van der Waals surface area (Å²) in [6, 6.07) is 0. The maximum atomic E-state index is 5.74. The van der Waals surface area contributed by atoms with E-state index >= 15 is 0 Å². The van der Waals surface area contributed by atoms with Crippen LogP contribution in [0.15, 0.2) is 23.3 Å². The van der Waals surface area contributed by atoms with Gasteiger partial charge in [-0.1, -0.05) is 51.0 Å². The molecule has 0 heterocycles. The van der Waals surface area contributed by atoms with E-state index in [-0.39, 0.29) is 0 Å². The van der Waals surface area contributed by atoms with Crippen molar-refractivity contribution in [1.82, 2.24) is 0 Å². The van der Waals surface area contributed by atoms with Crippen molar-refractivity contribution in [2.24, 2.45) is 34.3 Å². The normalized spacial score (nSPS) is 45.2. The Balaban J connectivity index is 0.000000880. The van der Waals surface area contributed by atoms with Gasteiger partial charge in [0.15, 0.2) is 0 Å². The van der Waals surface area contributed by atoms with Crippen LogP contribution in [-0.2, 0) is 4.74 Å². The molecule has 2 fully saturated rings. The molecule has 2 saturated carbocycles. The number of ether oxygens (including phenoxy) is 1. The van der Waals surface area contributed by atoms with Gasteiger partial charge < -0.3 is 10.5 Å². The van der Waals surface area contributed by atoms with Gasteiger partial charge in [-0.05, 0) is 80.5 Å². The molecule has 0 bridgehead atoms. The Bertz CT molecular complexity index is 550. The van der Waals surface area contributed by atoms with Gasteiger partial charge in [-0.25, -0.2) is 0 Å². The van der Waals surface area contributed by atoms with E-state index in [1.807, 2.05) is 13.8 Å². The van der Waals surface area contributed by atoms with Crippen LogP contribution in [0.3, 0.4) is 0 Å². The molecule has 0 aromatic rings. The fraction of sp³-hybridized carbons (Fsp3) is 0.826. The third kappa shape index (κ3) is 2.94. The fourth-order valence-corrected chi connectivity index (χ4v) is 6.69. The van der Waals surface area contributed by atoms with Crippen molar-refractivity contribution in [3.05, 3.63) is 23.3 Å². The van der Waals surface area contributed by atoms with Crippen molar-refractivity contribution in [2.45, 2.75) is 85.7 Å². The van der Waals surface area contributed by atoms with Gasteiger partial charge in [0.25, 0.3) is 0 Å². The van der Waals surface area contributed by atoms with E-state index in [2.05, 4.69) is 32.9 Å². The molecule has 142 valence electrons. The van der Waals surface area contributed by atoms with E-state index in [4.69, 9.17) is 10.5 Å². The van der Waals surface area contributed by atoms with Crippen molar-refractivity contribution in [3.63, 3.8) is 0 Å². The number of hydrogen-bond donors (Lipinski definition) is 1. The van der Waals surface area contributed by atoms with Gasteiger partial charge in [-0.2, -0.15) is 0 Å². The van der Waals surface area contributed by atoms with Gasteiger partial charge in [0.05, 0.1) is 12.8 Å². The predicted octanol–water partition coefficient (Wildman–Crippen LogP) is 5.83. The molecule has 4 aliphatic carbocycles. The molecule has 4 rings (SSSR count). The minimum Gasteiger partial charge on any atom is -0.363 e. The Morgan fingerprint density at radius 2 is 1.76 bits per heavy atom. The molecular formula is C23H39NO. The highest BCUT2D eigenvalue weighted by molar-refractivity contribution is 5.29. The largest absolute Gasteiger partial charge is 0.363 e. The molecule has 2 N–H and O–H groups in total. The highest BCUT2D eigenvalue weighted by atomic mass is 16.5. The number of hydrogen-bond acceptors (Lipinski definition) is 2. The lowest BCUT2D eigenvalue weighted by Gasteiger charge is -2.57. The molecule has 0 aromatic carbocycles. The topological polar surface area (TPSA) is 35.2 Å². The van der Waals surface area contributed by atoms with Gasteiger partial charge in [-0.3, -0.25) is 0 Å². The van der Waals surface area contributed by atoms with Crippen LogP contribution in [0.4, 0.5) is 0 Å². The third-order valence-corrected chi connectivity index (χ3v) is 8.36. The zero-order valence-electron chi connectivity index (χ0n) is 17.1. The van der Waals surface area contributed by atoms with Crippen LogP contribution in [-0.4, -0.2) is 12.8 Å².